The Hall–Kier alpha value is -4.33. The molecule has 8 heteroatoms. The molecular weight excluding hydrogens is 390 g/mol. The van der Waals surface area contributed by atoms with Crippen molar-refractivity contribution in [2.75, 3.05) is 5.32 Å². The second-order valence-electron chi connectivity index (χ2n) is 6.36. The normalized spacial score (nSPS) is 10.7. The van der Waals surface area contributed by atoms with Gasteiger partial charge in [0.15, 0.2) is 5.76 Å². The molecule has 4 aromatic rings. The highest BCUT2D eigenvalue weighted by atomic mass is 16.5. The van der Waals surface area contributed by atoms with Gasteiger partial charge in [-0.1, -0.05) is 0 Å². The van der Waals surface area contributed by atoms with Crippen LogP contribution in [0, 0.1) is 0 Å². The van der Waals surface area contributed by atoms with Gasteiger partial charge in [0.1, 0.15) is 17.9 Å². The fourth-order valence-corrected chi connectivity index (χ4v) is 2.85. The number of esters is 1. The van der Waals surface area contributed by atoms with Crippen molar-refractivity contribution < 1.29 is 28.3 Å². The molecule has 0 radical (unpaired) electrons. The summed E-state index contributed by atoms with van der Waals surface area (Å²) in [5, 5.41) is 12.7. The Morgan fingerprint density at radius 1 is 1.03 bits per heavy atom. The van der Waals surface area contributed by atoms with Crippen LogP contribution in [0.25, 0.3) is 11.0 Å². The number of carbonyl (C=O) groups is 2. The molecule has 150 valence electrons. The SMILES string of the molecule is O=C(OCc1cc(=O)oc2cc(O)ccc12)c1ccc(NC(=O)c2ccco2)cc1. The molecule has 0 bridgehead atoms. The molecule has 0 unspecified atom stereocenters. The lowest BCUT2D eigenvalue weighted by molar-refractivity contribution is 0.0473. The first-order chi connectivity index (χ1) is 14.5. The molecule has 0 saturated heterocycles. The number of furan rings is 1. The van der Waals surface area contributed by atoms with Crippen LogP contribution < -0.4 is 10.9 Å². The van der Waals surface area contributed by atoms with Crippen LogP contribution in [-0.2, 0) is 11.3 Å². The second-order valence-corrected chi connectivity index (χ2v) is 6.36. The number of aromatic hydroxyl groups is 1. The van der Waals surface area contributed by atoms with Gasteiger partial charge in [0, 0.05) is 28.8 Å². The molecule has 2 N–H and O–H groups in total. The Morgan fingerprint density at radius 2 is 1.83 bits per heavy atom. The van der Waals surface area contributed by atoms with Gasteiger partial charge in [0.05, 0.1) is 11.8 Å². The van der Waals surface area contributed by atoms with Gasteiger partial charge in [-0.15, -0.1) is 0 Å². The molecule has 0 aliphatic heterocycles. The van der Waals surface area contributed by atoms with E-state index in [1.807, 2.05) is 0 Å². The third-order valence-electron chi connectivity index (χ3n) is 4.30. The fraction of sp³-hybridized carbons (Fsp3) is 0.0455. The molecule has 4 rings (SSSR count). The van der Waals surface area contributed by atoms with Gasteiger partial charge in [-0.3, -0.25) is 4.79 Å². The molecule has 2 aromatic carbocycles. The van der Waals surface area contributed by atoms with Crippen LogP contribution in [0.15, 0.2) is 80.6 Å². The van der Waals surface area contributed by atoms with Crippen LogP contribution in [0.5, 0.6) is 5.75 Å². The number of ether oxygens (including phenoxy) is 1. The van der Waals surface area contributed by atoms with Gasteiger partial charge in [0.2, 0.25) is 0 Å². The minimum Gasteiger partial charge on any atom is -0.508 e. The van der Waals surface area contributed by atoms with Gasteiger partial charge in [-0.2, -0.15) is 0 Å². The van der Waals surface area contributed by atoms with Crippen LogP contribution in [0.1, 0.15) is 26.5 Å². The van der Waals surface area contributed by atoms with Gasteiger partial charge >= 0.3 is 11.6 Å². The van der Waals surface area contributed by atoms with Crippen LogP contribution in [-0.4, -0.2) is 17.0 Å². The first kappa shape index (κ1) is 19.0. The molecule has 0 aliphatic carbocycles. The largest absolute Gasteiger partial charge is 0.508 e. The van der Waals surface area contributed by atoms with Crippen molar-refractivity contribution in [3.63, 3.8) is 0 Å². The summed E-state index contributed by atoms with van der Waals surface area (Å²) in [6.45, 7) is -0.150. The average molecular weight is 405 g/mol. The first-order valence-corrected chi connectivity index (χ1v) is 8.87. The van der Waals surface area contributed by atoms with Crippen molar-refractivity contribution >= 4 is 28.5 Å². The molecule has 0 atom stereocenters. The van der Waals surface area contributed by atoms with Crippen LogP contribution in [0.4, 0.5) is 5.69 Å². The van der Waals surface area contributed by atoms with Gasteiger partial charge in [-0.05, 0) is 48.5 Å². The summed E-state index contributed by atoms with van der Waals surface area (Å²) in [6, 6.07) is 14.9. The van der Waals surface area contributed by atoms with E-state index in [2.05, 4.69) is 5.32 Å². The van der Waals surface area contributed by atoms with Crippen molar-refractivity contribution in [2.24, 2.45) is 0 Å². The Kier molecular flexibility index (Phi) is 5.04. The van der Waals surface area contributed by atoms with Crippen LogP contribution in [0.3, 0.4) is 0 Å². The summed E-state index contributed by atoms with van der Waals surface area (Å²) in [6.07, 6.45) is 1.40. The first-order valence-electron chi connectivity index (χ1n) is 8.87. The van der Waals surface area contributed by atoms with E-state index in [0.717, 1.165) is 0 Å². The zero-order valence-corrected chi connectivity index (χ0v) is 15.5. The molecule has 0 fully saturated rings. The maximum atomic E-state index is 12.3. The highest BCUT2D eigenvalue weighted by Gasteiger charge is 2.13. The van der Waals surface area contributed by atoms with E-state index in [9.17, 15) is 19.5 Å². The zero-order chi connectivity index (χ0) is 21.1. The van der Waals surface area contributed by atoms with Crippen LogP contribution in [0.2, 0.25) is 0 Å². The number of phenols is 1. The van der Waals surface area contributed by atoms with Crippen LogP contribution >= 0.6 is 0 Å². The summed E-state index contributed by atoms with van der Waals surface area (Å²) < 4.78 is 15.4. The Bertz CT molecular complexity index is 1270. The third-order valence-corrected chi connectivity index (χ3v) is 4.30. The molecule has 0 spiro atoms. The smallest absolute Gasteiger partial charge is 0.338 e. The average Bonchev–Trinajstić information content (AvgIpc) is 3.27. The fourth-order valence-electron chi connectivity index (χ4n) is 2.85. The molecule has 0 saturated carbocycles. The highest BCUT2D eigenvalue weighted by molar-refractivity contribution is 6.02. The summed E-state index contributed by atoms with van der Waals surface area (Å²) in [7, 11) is 0. The van der Waals surface area contributed by atoms with Gasteiger partial charge < -0.3 is 24.0 Å². The molecular formula is C22H15NO7. The number of hydrogen-bond donors (Lipinski definition) is 2. The lowest BCUT2D eigenvalue weighted by atomic mass is 10.1. The highest BCUT2D eigenvalue weighted by Crippen LogP contribution is 2.22. The third kappa shape index (κ3) is 4.07. The molecule has 2 aromatic heterocycles. The molecule has 1 amide bonds. The predicted molar refractivity (Wildman–Crippen MR) is 106 cm³/mol. The van der Waals surface area contributed by atoms with E-state index >= 15 is 0 Å². The summed E-state index contributed by atoms with van der Waals surface area (Å²) >= 11 is 0. The van der Waals surface area contributed by atoms with Crippen molar-refractivity contribution in [1.29, 1.82) is 0 Å². The number of phenolic OH excluding ortho intramolecular Hbond substituents is 1. The van der Waals surface area contributed by atoms with Gasteiger partial charge in [-0.25, -0.2) is 9.59 Å². The van der Waals surface area contributed by atoms with Crippen molar-refractivity contribution in [3.05, 3.63) is 94.2 Å². The van der Waals surface area contributed by atoms with E-state index < -0.39 is 17.5 Å². The summed E-state index contributed by atoms with van der Waals surface area (Å²) in [5.41, 5.74) is 0.799. The lowest BCUT2D eigenvalue weighted by Gasteiger charge is -2.08. The number of nitrogens with one attached hydrogen (secondary N) is 1. The molecule has 30 heavy (non-hydrogen) atoms. The monoisotopic (exact) mass is 405 g/mol. The summed E-state index contributed by atoms with van der Waals surface area (Å²) in [5.74, 6) is -0.874. The number of fused-ring (bicyclic) bond motifs is 1. The maximum Gasteiger partial charge on any atom is 0.338 e. The number of rotatable bonds is 5. The van der Waals surface area contributed by atoms with Gasteiger partial charge in [0.25, 0.3) is 5.91 Å². The lowest BCUT2D eigenvalue weighted by Crippen LogP contribution is -2.11. The Morgan fingerprint density at radius 3 is 2.57 bits per heavy atom. The number of anilines is 1. The number of carbonyl (C=O) groups excluding carboxylic acids is 2. The molecule has 2 heterocycles. The second kappa shape index (κ2) is 7.96. The van der Waals surface area contributed by atoms with Crippen molar-refractivity contribution in [2.45, 2.75) is 6.61 Å². The molecule has 0 aliphatic rings. The predicted octanol–water partition coefficient (Wildman–Crippen LogP) is 3.70. The molecule has 8 nitrogen and oxygen atoms in total. The van der Waals surface area contributed by atoms with E-state index in [1.165, 1.54) is 42.7 Å². The minimum absolute atomic E-state index is 0.0426. The van der Waals surface area contributed by atoms with E-state index in [1.54, 1.807) is 24.3 Å². The van der Waals surface area contributed by atoms with E-state index in [-0.39, 0.29) is 29.3 Å². The van der Waals surface area contributed by atoms with E-state index in [4.69, 9.17) is 13.6 Å². The Balaban J connectivity index is 1.44. The number of benzene rings is 2. The zero-order valence-electron chi connectivity index (χ0n) is 15.5. The topological polar surface area (TPSA) is 119 Å². The standard InChI is InChI=1S/C22H15NO7/c24-16-7-8-17-14(10-20(25)30-19(17)11-16)12-29-22(27)13-3-5-15(6-4-13)23-21(26)18-2-1-9-28-18/h1-11,24H,12H2,(H,23,26). The number of amides is 1. The van der Waals surface area contributed by atoms with E-state index in [0.29, 0.717) is 16.6 Å². The van der Waals surface area contributed by atoms with Crippen molar-refractivity contribution in [1.82, 2.24) is 0 Å². The van der Waals surface area contributed by atoms with Crippen molar-refractivity contribution in [3.8, 4) is 5.75 Å². The Labute approximate surface area is 169 Å². The quantitative estimate of drug-likeness (QED) is 0.384. The minimum atomic E-state index is -0.615. The maximum absolute atomic E-state index is 12.3. The summed E-state index contributed by atoms with van der Waals surface area (Å²) in [4.78, 5) is 36.0. The number of hydrogen-bond acceptors (Lipinski definition) is 7.